The fourth-order valence-corrected chi connectivity index (χ4v) is 5.35. The Morgan fingerprint density at radius 1 is 0.977 bits per heavy atom. The number of nitrogens with zero attached hydrogens (tertiary/aromatic N) is 2. The van der Waals surface area contributed by atoms with Crippen molar-refractivity contribution in [2.45, 2.75) is 50.9 Å². The highest BCUT2D eigenvalue weighted by molar-refractivity contribution is 5.93. The highest BCUT2D eigenvalue weighted by Gasteiger charge is 2.47. The van der Waals surface area contributed by atoms with Crippen LogP contribution in [0.3, 0.4) is 0 Å². The molecular formula is C34H39N3O6. The van der Waals surface area contributed by atoms with Gasteiger partial charge in [0.25, 0.3) is 0 Å². The molecule has 3 aromatic rings. The Labute approximate surface area is 252 Å². The van der Waals surface area contributed by atoms with E-state index >= 15 is 0 Å². The SMILES string of the molecule is COC(=O)[C@H](Cc1ccccc1)NC(=O)[C@H]([C@@H](Oc1ccc(C=O)cc1)c1ccccc1)N1CN(C)[C@@H](CC(C)C)C1=O. The van der Waals surface area contributed by atoms with Gasteiger partial charge in [-0.2, -0.15) is 0 Å². The largest absolute Gasteiger partial charge is 0.483 e. The standard InChI is InChI=1S/C34H39N3O6/c1-23(2)19-29-33(40)37(22-36(29)3)30(32(39)35-28(34(41)42-4)20-24-11-7-5-8-12-24)31(26-13-9-6-10-14-26)43-27-17-15-25(21-38)16-18-27/h5-18,21,23,28-31H,19-20,22H2,1-4H3,(H,35,39)/t28-,29-,30-,31-/m0/s1. The predicted molar refractivity (Wildman–Crippen MR) is 162 cm³/mol. The van der Waals surface area contributed by atoms with Crippen molar-refractivity contribution >= 4 is 24.1 Å². The van der Waals surface area contributed by atoms with Crippen molar-refractivity contribution in [2.24, 2.45) is 5.92 Å². The molecule has 0 aromatic heterocycles. The van der Waals surface area contributed by atoms with E-state index in [1.54, 1.807) is 24.3 Å². The summed E-state index contributed by atoms with van der Waals surface area (Å²) < 4.78 is 11.5. The molecule has 0 bridgehead atoms. The zero-order valence-electron chi connectivity index (χ0n) is 25.0. The summed E-state index contributed by atoms with van der Waals surface area (Å²) in [5.74, 6) is -0.646. The van der Waals surface area contributed by atoms with Gasteiger partial charge in [-0.3, -0.25) is 19.3 Å². The smallest absolute Gasteiger partial charge is 0.328 e. The Kier molecular flexibility index (Phi) is 10.7. The molecule has 226 valence electrons. The molecular weight excluding hydrogens is 546 g/mol. The average Bonchev–Trinajstić information content (AvgIpc) is 3.28. The summed E-state index contributed by atoms with van der Waals surface area (Å²) in [6.45, 7) is 4.31. The van der Waals surface area contributed by atoms with Crippen molar-refractivity contribution in [1.82, 2.24) is 15.1 Å². The van der Waals surface area contributed by atoms with Crippen LogP contribution >= 0.6 is 0 Å². The molecule has 0 spiro atoms. The molecule has 4 atom stereocenters. The third-order valence-corrected chi connectivity index (χ3v) is 7.55. The van der Waals surface area contributed by atoms with Crippen molar-refractivity contribution in [3.8, 4) is 5.75 Å². The molecule has 3 aromatic carbocycles. The molecule has 9 nitrogen and oxygen atoms in total. The number of hydrogen-bond donors (Lipinski definition) is 1. The van der Waals surface area contributed by atoms with E-state index in [0.717, 1.165) is 11.8 Å². The topological polar surface area (TPSA) is 105 Å². The number of amides is 2. The van der Waals surface area contributed by atoms with Gasteiger partial charge in [0.2, 0.25) is 11.8 Å². The molecule has 43 heavy (non-hydrogen) atoms. The molecule has 0 aliphatic carbocycles. The van der Waals surface area contributed by atoms with E-state index in [1.807, 2.05) is 72.6 Å². The number of rotatable bonds is 13. The van der Waals surface area contributed by atoms with Crippen LogP contribution in [-0.2, 0) is 25.5 Å². The lowest BCUT2D eigenvalue weighted by Crippen LogP contribution is -2.56. The predicted octanol–water partition coefficient (Wildman–Crippen LogP) is 4.03. The molecule has 1 saturated heterocycles. The van der Waals surface area contributed by atoms with E-state index < -0.39 is 36.1 Å². The van der Waals surface area contributed by atoms with Crippen LogP contribution in [0.25, 0.3) is 0 Å². The van der Waals surface area contributed by atoms with Gasteiger partial charge in [-0.05, 0) is 54.8 Å². The van der Waals surface area contributed by atoms with Crippen molar-refractivity contribution in [2.75, 3.05) is 20.8 Å². The second-order valence-electron chi connectivity index (χ2n) is 11.2. The maximum absolute atomic E-state index is 14.4. The van der Waals surface area contributed by atoms with Gasteiger partial charge >= 0.3 is 5.97 Å². The molecule has 2 amide bonds. The van der Waals surface area contributed by atoms with Gasteiger partial charge in [-0.25, -0.2) is 4.79 Å². The van der Waals surface area contributed by atoms with Gasteiger partial charge in [0.1, 0.15) is 18.1 Å². The monoisotopic (exact) mass is 585 g/mol. The highest BCUT2D eigenvalue weighted by atomic mass is 16.5. The van der Waals surface area contributed by atoms with Crippen LogP contribution in [0.1, 0.15) is 47.9 Å². The summed E-state index contributed by atoms with van der Waals surface area (Å²) in [6.07, 6.45) is 0.638. The summed E-state index contributed by atoms with van der Waals surface area (Å²) in [5.41, 5.74) is 1.99. The van der Waals surface area contributed by atoms with Gasteiger partial charge in [-0.15, -0.1) is 0 Å². The molecule has 1 aliphatic heterocycles. The van der Waals surface area contributed by atoms with Gasteiger partial charge in [0, 0.05) is 12.0 Å². The fourth-order valence-electron chi connectivity index (χ4n) is 5.35. The van der Waals surface area contributed by atoms with E-state index in [-0.39, 0.29) is 24.9 Å². The average molecular weight is 586 g/mol. The number of ether oxygens (including phenoxy) is 2. The third kappa shape index (κ3) is 7.87. The number of carbonyl (C=O) groups excluding carboxylic acids is 4. The third-order valence-electron chi connectivity index (χ3n) is 7.55. The Hall–Kier alpha value is -4.50. The first-order chi connectivity index (χ1) is 20.7. The molecule has 0 unspecified atom stereocenters. The summed E-state index contributed by atoms with van der Waals surface area (Å²) in [4.78, 5) is 55.9. The number of likely N-dealkylation sites (N-methyl/N-ethyl adjacent to an activating group) is 1. The maximum Gasteiger partial charge on any atom is 0.328 e. The van der Waals surface area contributed by atoms with E-state index in [2.05, 4.69) is 19.2 Å². The highest BCUT2D eigenvalue weighted by Crippen LogP contribution is 2.32. The molecule has 9 heteroatoms. The van der Waals surface area contributed by atoms with Crippen LogP contribution in [0.4, 0.5) is 0 Å². The van der Waals surface area contributed by atoms with Crippen molar-refractivity contribution in [3.63, 3.8) is 0 Å². The molecule has 1 aliphatic rings. The van der Waals surface area contributed by atoms with Crippen molar-refractivity contribution in [3.05, 3.63) is 102 Å². The lowest BCUT2D eigenvalue weighted by molar-refractivity contribution is -0.148. The summed E-state index contributed by atoms with van der Waals surface area (Å²) in [6, 6.07) is 22.6. The minimum atomic E-state index is -1.14. The number of benzene rings is 3. The van der Waals surface area contributed by atoms with Gasteiger partial charge in [0.05, 0.1) is 19.8 Å². The molecule has 1 heterocycles. The number of methoxy groups -OCH3 is 1. The van der Waals surface area contributed by atoms with Crippen LogP contribution in [0.15, 0.2) is 84.9 Å². The van der Waals surface area contributed by atoms with Gasteiger partial charge < -0.3 is 19.7 Å². The normalized spacial score (nSPS) is 17.3. The summed E-state index contributed by atoms with van der Waals surface area (Å²) in [7, 11) is 3.14. The number of aldehydes is 1. The Morgan fingerprint density at radius 3 is 2.19 bits per heavy atom. The Morgan fingerprint density at radius 2 is 1.60 bits per heavy atom. The number of esters is 1. The molecule has 1 N–H and O–H groups in total. The first kappa shape index (κ1) is 31.4. The number of hydrogen-bond acceptors (Lipinski definition) is 7. The second kappa shape index (κ2) is 14.6. The van der Waals surface area contributed by atoms with E-state index in [4.69, 9.17) is 9.47 Å². The lowest BCUT2D eigenvalue weighted by atomic mass is 9.97. The van der Waals surface area contributed by atoms with Crippen LogP contribution in [0, 0.1) is 5.92 Å². The summed E-state index contributed by atoms with van der Waals surface area (Å²) >= 11 is 0. The van der Waals surface area contributed by atoms with Gasteiger partial charge in [0.15, 0.2) is 12.1 Å². The lowest BCUT2D eigenvalue weighted by Gasteiger charge is -2.34. The van der Waals surface area contributed by atoms with Crippen molar-refractivity contribution in [1.29, 1.82) is 0 Å². The number of carbonyl (C=O) groups is 4. The molecule has 4 rings (SSSR count). The van der Waals surface area contributed by atoms with Crippen LogP contribution in [-0.4, -0.2) is 72.8 Å². The molecule has 0 radical (unpaired) electrons. The molecule has 0 saturated carbocycles. The second-order valence-corrected chi connectivity index (χ2v) is 11.2. The zero-order chi connectivity index (χ0) is 30.9. The van der Waals surface area contributed by atoms with E-state index in [1.165, 1.54) is 12.0 Å². The van der Waals surface area contributed by atoms with Crippen LogP contribution in [0.5, 0.6) is 5.75 Å². The van der Waals surface area contributed by atoms with Crippen molar-refractivity contribution < 1.29 is 28.7 Å². The first-order valence-electron chi connectivity index (χ1n) is 14.4. The Bertz CT molecular complexity index is 1380. The van der Waals surface area contributed by atoms with E-state index in [0.29, 0.717) is 23.3 Å². The minimum absolute atomic E-state index is 0.185. The number of nitrogens with one attached hydrogen (secondary N) is 1. The van der Waals surface area contributed by atoms with E-state index in [9.17, 15) is 19.2 Å². The minimum Gasteiger partial charge on any atom is -0.483 e. The fraction of sp³-hybridized carbons (Fsp3) is 0.353. The van der Waals surface area contributed by atoms with Gasteiger partial charge in [-0.1, -0.05) is 74.5 Å². The zero-order valence-corrected chi connectivity index (χ0v) is 25.0. The quantitative estimate of drug-likeness (QED) is 0.239. The maximum atomic E-state index is 14.4. The van der Waals surface area contributed by atoms with Crippen LogP contribution in [0.2, 0.25) is 0 Å². The first-order valence-corrected chi connectivity index (χ1v) is 14.4. The molecule has 1 fully saturated rings. The Balaban J connectivity index is 1.76. The summed E-state index contributed by atoms with van der Waals surface area (Å²) in [5, 5.41) is 2.89. The van der Waals surface area contributed by atoms with Crippen LogP contribution < -0.4 is 10.1 Å².